The highest BCUT2D eigenvalue weighted by atomic mass is 79.9. The van der Waals surface area contributed by atoms with E-state index in [1.54, 1.807) is 30.3 Å². The second kappa shape index (κ2) is 8.11. The molecule has 0 spiro atoms. The van der Waals surface area contributed by atoms with Crippen LogP contribution >= 0.6 is 15.9 Å². The maximum absolute atomic E-state index is 13.4. The van der Waals surface area contributed by atoms with E-state index in [4.69, 9.17) is 0 Å². The third kappa shape index (κ3) is 3.86. The molecule has 5 nitrogen and oxygen atoms in total. The minimum atomic E-state index is -0.391. The molecule has 0 atom stereocenters. The summed E-state index contributed by atoms with van der Waals surface area (Å²) in [5.41, 5.74) is 1.47. The van der Waals surface area contributed by atoms with Crippen LogP contribution in [0.5, 0.6) is 0 Å². The smallest absolute Gasteiger partial charge is 0.292 e. The Morgan fingerprint density at radius 1 is 1.03 bits per heavy atom. The molecular formula is C23H23BrN2O3. The van der Waals surface area contributed by atoms with Crippen molar-refractivity contribution in [2.75, 3.05) is 0 Å². The Bertz CT molecular complexity index is 1190. The van der Waals surface area contributed by atoms with Gasteiger partial charge in [-0.15, -0.1) is 0 Å². The molecule has 0 unspecified atom stereocenters. The molecular weight excluding hydrogens is 432 g/mol. The lowest BCUT2D eigenvalue weighted by atomic mass is 9.95. The lowest BCUT2D eigenvalue weighted by molar-refractivity contribution is 0.0971. The number of hydrogen-bond acceptors (Lipinski definition) is 3. The number of hydrogen-bond donors (Lipinski definition) is 0. The average Bonchev–Trinajstić information content (AvgIpc) is 2.72. The molecule has 0 saturated heterocycles. The summed E-state index contributed by atoms with van der Waals surface area (Å²) < 4.78 is 3.61. The Morgan fingerprint density at radius 3 is 2.41 bits per heavy atom. The molecule has 0 bridgehead atoms. The number of carbonyl (C=O) groups is 1. The standard InChI is InChI=1S/C23H23BrN2O3/c1-15-7-9-16(10-8-15)21(27)14-25-20-12-11-17(24)13-19(20)22(28)26(23(25)29)18-5-3-2-4-6-18/h7-13,18H,2-6,14H2,1H3. The molecule has 1 aromatic heterocycles. The van der Waals surface area contributed by atoms with Crippen molar-refractivity contribution < 1.29 is 4.79 Å². The van der Waals surface area contributed by atoms with Gasteiger partial charge in [0.25, 0.3) is 5.56 Å². The van der Waals surface area contributed by atoms with Crippen LogP contribution in [0.1, 0.15) is 54.1 Å². The van der Waals surface area contributed by atoms with Crippen LogP contribution in [-0.4, -0.2) is 14.9 Å². The summed E-state index contributed by atoms with van der Waals surface area (Å²) in [6.45, 7) is 1.87. The number of benzene rings is 2. The first-order valence-electron chi connectivity index (χ1n) is 10.00. The van der Waals surface area contributed by atoms with Gasteiger partial charge in [-0.1, -0.05) is 65.0 Å². The molecule has 6 heteroatoms. The summed E-state index contributed by atoms with van der Waals surface area (Å²) in [6.07, 6.45) is 4.79. The largest absolute Gasteiger partial charge is 0.332 e. The number of carbonyl (C=O) groups excluding carboxylic acids is 1. The average molecular weight is 455 g/mol. The highest BCUT2D eigenvalue weighted by Gasteiger charge is 2.23. The number of halogens is 1. The lowest BCUT2D eigenvalue weighted by Gasteiger charge is -2.24. The minimum Gasteiger partial charge on any atom is -0.292 e. The molecule has 3 aromatic rings. The van der Waals surface area contributed by atoms with Crippen LogP contribution in [0.25, 0.3) is 10.9 Å². The zero-order valence-corrected chi connectivity index (χ0v) is 17.9. The fourth-order valence-corrected chi connectivity index (χ4v) is 4.51. The van der Waals surface area contributed by atoms with Crippen LogP contribution in [0.4, 0.5) is 0 Å². The number of ketones is 1. The van der Waals surface area contributed by atoms with E-state index < -0.39 is 5.69 Å². The van der Waals surface area contributed by atoms with E-state index in [0.717, 1.165) is 42.1 Å². The maximum atomic E-state index is 13.4. The fourth-order valence-electron chi connectivity index (χ4n) is 4.15. The minimum absolute atomic E-state index is 0.0903. The monoisotopic (exact) mass is 454 g/mol. The van der Waals surface area contributed by atoms with Gasteiger partial charge in [0.15, 0.2) is 5.78 Å². The maximum Gasteiger partial charge on any atom is 0.332 e. The van der Waals surface area contributed by atoms with Gasteiger partial charge in [-0.2, -0.15) is 0 Å². The molecule has 150 valence electrons. The first-order chi connectivity index (χ1) is 14.0. The van der Waals surface area contributed by atoms with Crippen molar-refractivity contribution in [3.63, 3.8) is 0 Å². The highest BCUT2D eigenvalue weighted by Crippen LogP contribution is 2.26. The highest BCUT2D eigenvalue weighted by molar-refractivity contribution is 9.10. The summed E-state index contributed by atoms with van der Waals surface area (Å²) in [5, 5.41) is 0.459. The second-order valence-corrected chi connectivity index (χ2v) is 8.70. The summed E-state index contributed by atoms with van der Waals surface area (Å²) in [4.78, 5) is 39.5. The SMILES string of the molecule is Cc1ccc(C(=O)Cn2c(=O)n(C3CCCCC3)c(=O)c3cc(Br)ccc32)cc1. The molecule has 0 radical (unpaired) electrons. The topological polar surface area (TPSA) is 61.1 Å². The van der Waals surface area contributed by atoms with Crippen molar-refractivity contribution in [3.8, 4) is 0 Å². The van der Waals surface area contributed by atoms with Crippen molar-refractivity contribution in [1.82, 2.24) is 9.13 Å². The quantitative estimate of drug-likeness (QED) is 0.540. The lowest BCUT2D eigenvalue weighted by Crippen LogP contribution is -2.43. The molecule has 1 aliphatic rings. The third-order valence-corrected chi connectivity index (χ3v) is 6.24. The van der Waals surface area contributed by atoms with Crippen LogP contribution in [0.15, 0.2) is 56.5 Å². The first kappa shape index (κ1) is 19.8. The number of Topliss-reactive ketones (excluding diaryl/α,β-unsaturated/α-hetero) is 1. The van der Waals surface area contributed by atoms with E-state index in [-0.39, 0.29) is 23.9 Å². The zero-order valence-electron chi connectivity index (χ0n) is 16.4. The van der Waals surface area contributed by atoms with Crippen LogP contribution in [0.2, 0.25) is 0 Å². The second-order valence-electron chi connectivity index (χ2n) is 7.79. The van der Waals surface area contributed by atoms with Gasteiger partial charge in [-0.05, 0) is 38.0 Å². The van der Waals surface area contributed by atoms with Gasteiger partial charge in [0.1, 0.15) is 0 Å². The van der Waals surface area contributed by atoms with Gasteiger partial charge in [0.2, 0.25) is 0 Å². The molecule has 29 heavy (non-hydrogen) atoms. The third-order valence-electron chi connectivity index (χ3n) is 5.75. The number of aromatic nitrogens is 2. The number of rotatable bonds is 4. The zero-order chi connectivity index (χ0) is 20.5. The van der Waals surface area contributed by atoms with E-state index in [1.807, 2.05) is 19.1 Å². The van der Waals surface area contributed by atoms with Gasteiger partial charge >= 0.3 is 5.69 Å². The van der Waals surface area contributed by atoms with Gasteiger partial charge < -0.3 is 0 Å². The van der Waals surface area contributed by atoms with Crippen LogP contribution in [0, 0.1) is 6.92 Å². The molecule has 0 aliphatic heterocycles. The molecule has 1 fully saturated rings. The summed E-state index contributed by atoms with van der Waals surface area (Å²) in [6, 6.07) is 12.5. The molecule has 1 aliphatic carbocycles. The predicted molar refractivity (Wildman–Crippen MR) is 118 cm³/mol. The van der Waals surface area contributed by atoms with E-state index in [2.05, 4.69) is 15.9 Å². The molecule has 1 heterocycles. The van der Waals surface area contributed by atoms with Gasteiger partial charge in [-0.25, -0.2) is 4.79 Å². The van der Waals surface area contributed by atoms with E-state index in [9.17, 15) is 14.4 Å². The van der Waals surface area contributed by atoms with Gasteiger partial charge in [0.05, 0.1) is 17.4 Å². The van der Waals surface area contributed by atoms with E-state index >= 15 is 0 Å². The van der Waals surface area contributed by atoms with Crippen molar-refractivity contribution >= 4 is 32.6 Å². The van der Waals surface area contributed by atoms with Crippen LogP contribution < -0.4 is 11.2 Å². The Morgan fingerprint density at radius 2 is 1.72 bits per heavy atom. The Labute approximate surface area is 177 Å². The van der Waals surface area contributed by atoms with Crippen molar-refractivity contribution in [2.24, 2.45) is 0 Å². The molecule has 4 rings (SSSR count). The normalized spacial score (nSPS) is 15.0. The fraction of sp³-hybridized carbons (Fsp3) is 0.348. The van der Waals surface area contributed by atoms with Crippen molar-refractivity contribution in [2.45, 2.75) is 51.6 Å². The Hall–Kier alpha value is -2.47. The predicted octanol–water partition coefficient (Wildman–Crippen LogP) is 4.62. The first-order valence-corrected chi connectivity index (χ1v) is 10.8. The summed E-state index contributed by atoms with van der Waals surface area (Å²) in [5.74, 6) is -0.148. The molecule has 2 aromatic carbocycles. The van der Waals surface area contributed by atoms with E-state index in [1.165, 1.54) is 9.13 Å². The molecule has 0 amide bonds. The van der Waals surface area contributed by atoms with Crippen LogP contribution in [0.3, 0.4) is 0 Å². The van der Waals surface area contributed by atoms with E-state index in [0.29, 0.717) is 16.5 Å². The van der Waals surface area contributed by atoms with Crippen molar-refractivity contribution in [1.29, 1.82) is 0 Å². The summed E-state index contributed by atoms with van der Waals surface area (Å²) >= 11 is 3.42. The van der Waals surface area contributed by atoms with Gasteiger partial charge in [-0.3, -0.25) is 18.7 Å². The van der Waals surface area contributed by atoms with Crippen molar-refractivity contribution in [3.05, 3.63) is 78.9 Å². The Kier molecular flexibility index (Phi) is 5.54. The molecule has 0 N–H and O–H groups in total. The number of nitrogens with zero attached hydrogens (tertiary/aromatic N) is 2. The molecule has 1 saturated carbocycles. The summed E-state index contributed by atoms with van der Waals surface area (Å²) in [7, 11) is 0. The van der Waals surface area contributed by atoms with Crippen LogP contribution in [-0.2, 0) is 6.54 Å². The number of fused-ring (bicyclic) bond motifs is 1. The number of aryl methyl sites for hydroxylation is 1. The Balaban J connectivity index is 1.87. The van der Waals surface area contributed by atoms with Gasteiger partial charge in [0, 0.05) is 16.1 Å².